The van der Waals surface area contributed by atoms with Gasteiger partial charge in [-0.3, -0.25) is 0 Å². The second-order valence-electron chi connectivity index (χ2n) is 4.10. The van der Waals surface area contributed by atoms with Gasteiger partial charge in [-0.25, -0.2) is 0 Å². The van der Waals surface area contributed by atoms with Gasteiger partial charge < -0.3 is 14.6 Å². The molecule has 3 nitrogen and oxygen atoms in total. The third-order valence-electron chi connectivity index (χ3n) is 3.08. The summed E-state index contributed by atoms with van der Waals surface area (Å²) in [5.41, 5.74) is 0.854. The fraction of sp³-hybridized carbons (Fsp3) is 0.538. The maximum absolute atomic E-state index is 10.4. The van der Waals surface area contributed by atoms with Crippen LogP contribution in [0.1, 0.15) is 24.5 Å². The van der Waals surface area contributed by atoms with Crippen LogP contribution in [0.5, 0.6) is 11.5 Å². The number of ether oxygens (including phenoxy) is 2. The number of thioether (sulfide) groups is 1. The maximum Gasteiger partial charge on any atom is 0.128 e. The van der Waals surface area contributed by atoms with E-state index in [-0.39, 0.29) is 5.25 Å². The molecule has 1 heterocycles. The second kappa shape index (κ2) is 5.65. The van der Waals surface area contributed by atoms with Crippen molar-refractivity contribution >= 4 is 11.8 Å². The van der Waals surface area contributed by atoms with Crippen LogP contribution in [0.3, 0.4) is 0 Å². The first kappa shape index (κ1) is 12.6. The van der Waals surface area contributed by atoms with Gasteiger partial charge in [-0.15, -0.1) is 0 Å². The summed E-state index contributed by atoms with van der Waals surface area (Å²) in [6.07, 6.45) is 1.80. The van der Waals surface area contributed by atoms with Crippen LogP contribution in [0.15, 0.2) is 18.2 Å². The number of rotatable bonds is 4. The topological polar surface area (TPSA) is 38.7 Å². The molecule has 2 atom stereocenters. The van der Waals surface area contributed by atoms with Crippen molar-refractivity contribution in [1.29, 1.82) is 0 Å². The molecular formula is C13H18O3S. The summed E-state index contributed by atoms with van der Waals surface area (Å²) in [5.74, 6) is 2.58. The molecule has 0 spiro atoms. The molecule has 2 rings (SSSR count). The smallest absolute Gasteiger partial charge is 0.128 e. The Hall–Kier alpha value is -0.870. The molecule has 1 aromatic rings. The molecule has 1 N–H and O–H groups in total. The van der Waals surface area contributed by atoms with Crippen LogP contribution in [0.25, 0.3) is 0 Å². The lowest BCUT2D eigenvalue weighted by Gasteiger charge is -2.20. The molecule has 1 aliphatic heterocycles. The highest BCUT2D eigenvalue weighted by molar-refractivity contribution is 8.00. The number of aliphatic hydroxyl groups excluding tert-OH is 1. The normalized spacial score (nSPS) is 21.2. The first-order chi connectivity index (χ1) is 8.26. The Kier molecular flexibility index (Phi) is 4.18. The Balaban J connectivity index is 2.23. The van der Waals surface area contributed by atoms with E-state index in [1.165, 1.54) is 6.42 Å². The number of aliphatic hydroxyl groups is 1. The molecule has 94 valence electrons. The predicted octanol–water partition coefficient (Wildman–Crippen LogP) is 2.63. The minimum atomic E-state index is -0.455. The lowest BCUT2D eigenvalue weighted by Crippen LogP contribution is -2.12. The zero-order chi connectivity index (χ0) is 12.3. The van der Waals surface area contributed by atoms with E-state index in [4.69, 9.17) is 9.47 Å². The fourth-order valence-electron chi connectivity index (χ4n) is 2.11. The molecule has 0 aromatic heterocycles. The average molecular weight is 254 g/mol. The first-order valence-corrected chi connectivity index (χ1v) is 6.82. The van der Waals surface area contributed by atoms with Crippen LogP contribution < -0.4 is 9.47 Å². The third kappa shape index (κ3) is 2.69. The molecule has 0 radical (unpaired) electrons. The van der Waals surface area contributed by atoms with Gasteiger partial charge in [-0.05, 0) is 30.7 Å². The second-order valence-corrected chi connectivity index (χ2v) is 5.45. The molecule has 17 heavy (non-hydrogen) atoms. The summed E-state index contributed by atoms with van der Waals surface area (Å²) in [6, 6.07) is 5.57. The van der Waals surface area contributed by atoms with Gasteiger partial charge in [0.15, 0.2) is 0 Å². The highest BCUT2D eigenvalue weighted by Crippen LogP contribution is 2.39. The van der Waals surface area contributed by atoms with Crippen molar-refractivity contribution in [2.75, 3.05) is 20.0 Å². The highest BCUT2D eigenvalue weighted by Gasteiger charge is 2.27. The maximum atomic E-state index is 10.4. The van der Waals surface area contributed by atoms with Crippen LogP contribution in [-0.4, -0.2) is 30.3 Å². The minimum Gasteiger partial charge on any atom is -0.497 e. The zero-order valence-electron chi connectivity index (χ0n) is 10.2. The van der Waals surface area contributed by atoms with Crippen molar-refractivity contribution in [3.8, 4) is 11.5 Å². The molecular weight excluding hydrogens is 236 g/mol. The molecule has 0 aliphatic carbocycles. The van der Waals surface area contributed by atoms with E-state index in [2.05, 4.69) is 0 Å². The van der Waals surface area contributed by atoms with Gasteiger partial charge in [0, 0.05) is 16.9 Å². The summed E-state index contributed by atoms with van der Waals surface area (Å²) in [4.78, 5) is 0. The van der Waals surface area contributed by atoms with Crippen LogP contribution in [-0.2, 0) is 0 Å². The van der Waals surface area contributed by atoms with Gasteiger partial charge in [-0.2, -0.15) is 11.8 Å². The average Bonchev–Trinajstić information content (AvgIpc) is 2.91. The lowest BCUT2D eigenvalue weighted by atomic mass is 10.0. The predicted molar refractivity (Wildman–Crippen MR) is 70.0 cm³/mol. The lowest BCUT2D eigenvalue weighted by molar-refractivity contribution is 0.168. The quantitative estimate of drug-likeness (QED) is 0.896. The van der Waals surface area contributed by atoms with Crippen molar-refractivity contribution in [2.45, 2.75) is 24.2 Å². The monoisotopic (exact) mass is 254 g/mol. The number of hydrogen-bond donors (Lipinski definition) is 1. The zero-order valence-corrected chi connectivity index (χ0v) is 11.0. The summed E-state index contributed by atoms with van der Waals surface area (Å²) in [6.45, 7) is 0. The summed E-state index contributed by atoms with van der Waals surface area (Å²) < 4.78 is 10.5. The summed E-state index contributed by atoms with van der Waals surface area (Å²) in [5, 5.41) is 10.6. The molecule has 1 aliphatic rings. The summed E-state index contributed by atoms with van der Waals surface area (Å²) in [7, 11) is 3.24. The Morgan fingerprint density at radius 3 is 2.76 bits per heavy atom. The van der Waals surface area contributed by atoms with Crippen molar-refractivity contribution in [1.82, 2.24) is 0 Å². The van der Waals surface area contributed by atoms with E-state index in [9.17, 15) is 5.11 Å². The largest absolute Gasteiger partial charge is 0.497 e. The SMILES string of the molecule is COc1ccc(C(O)C2CCCS2)c(OC)c1. The molecule has 1 saturated heterocycles. The van der Waals surface area contributed by atoms with Gasteiger partial charge >= 0.3 is 0 Å². The van der Waals surface area contributed by atoms with Crippen molar-refractivity contribution < 1.29 is 14.6 Å². The molecule has 4 heteroatoms. The molecule has 0 amide bonds. The van der Waals surface area contributed by atoms with Crippen molar-refractivity contribution in [2.24, 2.45) is 0 Å². The molecule has 0 saturated carbocycles. The fourth-order valence-corrected chi connectivity index (χ4v) is 3.41. The van der Waals surface area contributed by atoms with Gasteiger partial charge in [-0.1, -0.05) is 0 Å². The van der Waals surface area contributed by atoms with E-state index in [1.54, 1.807) is 14.2 Å². The summed E-state index contributed by atoms with van der Waals surface area (Å²) >= 11 is 1.84. The Morgan fingerprint density at radius 2 is 2.18 bits per heavy atom. The van der Waals surface area contributed by atoms with Gasteiger partial charge in [0.05, 0.1) is 20.3 Å². The van der Waals surface area contributed by atoms with E-state index < -0.39 is 6.10 Å². The number of hydrogen-bond acceptors (Lipinski definition) is 4. The van der Waals surface area contributed by atoms with Gasteiger partial charge in [0.2, 0.25) is 0 Å². The Morgan fingerprint density at radius 1 is 1.35 bits per heavy atom. The Labute approximate surface area is 106 Å². The number of benzene rings is 1. The molecule has 1 fully saturated rings. The van der Waals surface area contributed by atoms with Gasteiger partial charge in [0.25, 0.3) is 0 Å². The van der Waals surface area contributed by atoms with Gasteiger partial charge in [0.1, 0.15) is 11.5 Å². The van der Waals surface area contributed by atoms with E-state index in [0.29, 0.717) is 5.75 Å². The van der Waals surface area contributed by atoms with E-state index in [1.807, 2.05) is 30.0 Å². The standard InChI is InChI=1S/C13H18O3S/c1-15-9-5-6-10(11(8-9)16-2)13(14)12-4-3-7-17-12/h5-6,8,12-14H,3-4,7H2,1-2H3. The van der Waals surface area contributed by atoms with Crippen LogP contribution in [0.4, 0.5) is 0 Å². The van der Waals surface area contributed by atoms with E-state index >= 15 is 0 Å². The Bertz CT molecular complexity index is 375. The van der Waals surface area contributed by atoms with Crippen LogP contribution in [0.2, 0.25) is 0 Å². The third-order valence-corrected chi connectivity index (χ3v) is 4.52. The highest BCUT2D eigenvalue weighted by atomic mass is 32.2. The molecule has 1 aromatic carbocycles. The van der Waals surface area contributed by atoms with Crippen molar-refractivity contribution in [3.05, 3.63) is 23.8 Å². The van der Waals surface area contributed by atoms with Crippen LogP contribution >= 0.6 is 11.8 Å². The van der Waals surface area contributed by atoms with Crippen LogP contribution in [0, 0.1) is 0 Å². The molecule has 0 bridgehead atoms. The van der Waals surface area contributed by atoms with E-state index in [0.717, 1.165) is 23.5 Å². The number of methoxy groups -OCH3 is 2. The first-order valence-electron chi connectivity index (χ1n) is 5.78. The van der Waals surface area contributed by atoms with Crippen molar-refractivity contribution in [3.63, 3.8) is 0 Å². The molecule has 2 unspecified atom stereocenters. The minimum absolute atomic E-state index is 0.289.